The van der Waals surface area contributed by atoms with Crippen molar-refractivity contribution in [3.05, 3.63) is 45.2 Å². The summed E-state index contributed by atoms with van der Waals surface area (Å²) in [5.74, 6) is -1.53. The molecule has 2 aromatic rings. The topological polar surface area (TPSA) is 106 Å². The van der Waals surface area contributed by atoms with Crippen molar-refractivity contribution in [3.63, 3.8) is 0 Å². The molecular formula is C12H6F3N3O3S. The van der Waals surface area contributed by atoms with Crippen molar-refractivity contribution in [2.24, 2.45) is 0 Å². The summed E-state index contributed by atoms with van der Waals surface area (Å²) < 4.78 is 40.6. The number of carboxylic acid groups (broad SMARTS) is 1. The molecule has 6 nitrogen and oxygen atoms in total. The van der Waals surface area contributed by atoms with Crippen LogP contribution in [-0.2, 0) is 6.18 Å². The SMILES string of the molecule is N#Cc1c(Nc2cc(C(=O)O)cc(C(F)(F)F)c2)s[nH]c1=O. The number of anilines is 2. The van der Waals surface area contributed by atoms with E-state index < -0.39 is 28.8 Å². The quantitative estimate of drug-likeness (QED) is 0.803. The Morgan fingerprint density at radius 1 is 1.36 bits per heavy atom. The van der Waals surface area contributed by atoms with Gasteiger partial charge in [-0.2, -0.15) is 18.4 Å². The molecule has 0 aliphatic heterocycles. The van der Waals surface area contributed by atoms with E-state index in [4.69, 9.17) is 10.4 Å². The number of carbonyl (C=O) groups is 1. The maximum Gasteiger partial charge on any atom is 0.416 e. The van der Waals surface area contributed by atoms with Gasteiger partial charge < -0.3 is 10.4 Å². The summed E-state index contributed by atoms with van der Waals surface area (Å²) in [6, 6.07) is 3.78. The average Bonchev–Trinajstić information content (AvgIpc) is 2.77. The van der Waals surface area contributed by atoms with E-state index in [2.05, 4.69) is 9.69 Å². The Kier molecular flexibility index (Phi) is 3.92. The first-order valence-electron chi connectivity index (χ1n) is 5.56. The van der Waals surface area contributed by atoms with Gasteiger partial charge in [-0.1, -0.05) is 0 Å². The molecule has 0 radical (unpaired) electrons. The number of aromatic carboxylic acids is 1. The molecule has 0 bridgehead atoms. The zero-order valence-corrected chi connectivity index (χ0v) is 11.3. The normalized spacial score (nSPS) is 11.0. The summed E-state index contributed by atoms with van der Waals surface area (Å²) in [4.78, 5) is 22.2. The standard InChI is InChI=1S/C12H6F3N3O3S/c13-12(14,15)6-1-5(11(20)21)2-7(3-6)17-10-8(4-16)9(19)18-22-10/h1-3,17H,(H,18,19)(H,20,21). The third kappa shape index (κ3) is 3.09. The van der Waals surface area contributed by atoms with Crippen LogP contribution in [0.15, 0.2) is 23.0 Å². The Labute approximate surface area is 124 Å². The summed E-state index contributed by atoms with van der Waals surface area (Å²) in [7, 11) is 0. The van der Waals surface area contributed by atoms with Crippen LogP contribution in [0.2, 0.25) is 0 Å². The van der Waals surface area contributed by atoms with E-state index in [1.807, 2.05) is 0 Å². The number of nitrogens with one attached hydrogen (secondary N) is 2. The van der Waals surface area contributed by atoms with Crippen LogP contribution in [0.3, 0.4) is 0 Å². The fraction of sp³-hybridized carbons (Fsp3) is 0.0833. The number of aromatic nitrogens is 1. The molecule has 0 amide bonds. The van der Waals surface area contributed by atoms with Crippen molar-refractivity contribution >= 4 is 28.2 Å². The Balaban J connectivity index is 2.51. The molecule has 22 heavy (non-hydrogen) atoms. The number of aromatic amines is 1. The Morgan fingerprint density at radius 2 is 2.05 bits per heavy atom. The van der Waals surface area contributed by atoms with Crippen LogP contribution >= 0.6 is 11.5 Å². The predicted octanol–water partition coefficient (Wildman–Crippen LogP) is 2.77. The highest BCUT2D eigenvalue weighted by molar-refractivity contribution is 7.10. The molecule has 0 atom stereocenters. The molecular weight excluding hydrogens is 323 g/mol. The van der Waals surface area contributed by atoms with Gasteiger partial charge in [0, 0.05) is 5.69 Å². The fourth-order valence-electron chi connectivity index (χ4n) is 1.61. The molecule has 114 valence electrons. The lowest BCUT2D eigenvalue weighted by molar-refractivity contribution is -0.137. The number of halogens is 3. The number of alkyl halides is 3. The monoisotopic (exact) mass is 329 g/mol. The minimum absolute atomic E-state index is 0.00293. The van der Waals surface area contributed by atoms with Crippen LogP contribution in [0.5, 0.6) is 0 Å². The van der Waals surface area contributed by atoms with Crippen molar-refractivity contribution in [3.8, 4) is 6.07 Å². The van der Waals surface area contributed by atoms with Crippen molar-refractivity contribution in [1.82, 2.24) is 4.37 Å². The number of hydrogen-bond acceptors (Lipinski definition) is 5. The van der Waals surface area contributed by atoms with E-state index >= 15 is 0 Å². The van der Waals surface area contributed by atoms with Gasteiger partial charge in [-0.25, -0.2) is 4.79 Å². The largest absolute Gasteiger partial charge is 0.478 e. The Morgan fingerprint density at radius 3 is 2.59 bits per heavy atom. The van der Waals surface area contributed by atoms with Crippen LogP contribution in [0.4, 0.5) is 23.9 Å². The Bertz CT molecular complexity index is 833. The molecule has 0 spiro atoms. The number of nitriles is 1. The lowest BCUT2D eigenvalue weighted by Crippen LogP contribution is -2.09. The molecule has 0 unspecified atom stereocenters. The molecule has 0 fully saturated rings. The molecule has 1 aromatic carbocycles. The summed E-state index contributed by atoms with van der Waals surface area (Å²) in [5.41, 5.74) is -2.89. The van der Waals surface area contributed by atoms with Gasteiger partial charge in [0.25, 0.3) is 5.56 Å². The lowest BCUT2D eigenvalue weighted by Gasteiger charge is -2.11. The molecule has 1 heterocycles. The molecule has 0 saturated carbocycles. The van der Waals surface area contributed by atoms with E-state index in [0.717, 1.165) is 17.6 Å². The summed E-state index contributed by atoms with van der Waals surface area (Å²) in [5, 5.41) is 20.1. The second-order valence-corrected chi connectivity index (χ2v) is 4.89. The van der Waals surface area contributed by atoms with Crippen LogP contribution in [-0.4, -0.2) is 15.4 Å². The number of rotatable bonds is 3. The minimum atomic E-state index is -4.73. The summed E-state index contributed by atoms with van der Waals surface area (Å²) in [6.07, 6.45) is -4.73. The fourth-order valence-corrected chi connectivity index (χ4v) is 2.32. The summed E-state index contributed by atoms with van der Waals surface area (Å²) >= 11 is 0.723. The third-order valence-corrected chi connectivity index (χ3v) is 3.37. The van der Waals surface area contributed by atoms with Gasteiger partial charge in [0.2, 0.25) is 0 Å². The first-order chi connectivity index (χ1) is 10.2. The van der Waals surface area contributed by atoms with Gasteiger partial charge in [-0.15, -0.1) is 0 Å². The molecule has 10 heteroatoms. The zero-order valence-electron chi connectivity index (χ0n) is 10.5. The number of hydrogen-bond donors (Lipinski definition) is 3. The van der Waals surface area contributed by atoms with Crippen LogP contribution < -0.4 is 10.9 Å². The highest BCUT2D eigenvalue weighted by atomic mass is 32.1. The Hall–Kier alpha value is -2.80. The maximum absolute atomic E-state index is 12.8. The van der Waals surface area contributed by atoms with E-state index in [9.17, 15) is 22.8 Å². The van der Waals surface area contributed by atoms with Gasteiger partial charge in [0.15, 0.2) is 5.56 Å². The first kappa shape index (κ1) is 15.6. The van der Waals surface area contributed by atoms with Gasteiger partial charge in [-0.05, 0) is 29.7 Å². The molecule has 0 aliphatic carbocycles. The highest BCUT2D eigenvalue weighted by Gasteiger charge is 2.32. The first-order valence-corrected chi connectivity index (χ1v) is 6.38. The highest BCUT2D eigenvalue weighted by Crippen LogP contribution is 2.33. The van der Waals surface area contributed by atoms with Crippen molar-refractivity contribution in [1.29, 1.82) is 5.26 Å². The molecule has 0 aliphatic rings. The van der Waals surface area contributed by atoms with E-state index in [1.165, 1.54) is 0 Å². The van der Waals surface area contributed by atoms with Gasteiger partial charge in [0.1, 0.15) is 11.1 Å². The van der Waals surface area contributed by atoms with Crippen molar-refractivity contribution in [2.45, 2.75) is 6.18 Å². The van der Waals surface area contributed by atoms with E-state index in [1.54, 1.807) is 6.07 Å². The van der Waals surface area contributed by atoms with Crippen LogP contribution in [0.1, 0.15) is 21.5 Å². The summed E-state index contributed by atoms with van der Waals surface area (Å²) in [6.45, 7) is 0. The van der Waals surface area contributed by atoms with E-state index in [-0.39, 0.29) is 16.3 Å². The third-order valence-electron chi connectivity index (χ3n) is 2.58. The number of nitrogens with zero attached hydrogens (tertiary/aromatic N) is 1. The molecule has 0 saturated heterocycles. The number of H-pyrrole nitrogens is 1. The number of carboxylic acids is 1. The van der Waals surface area contributed by atoms with E-state index in [0.29, 0.717) is 12.1 Å². The molecule has 1 aromatic heterocycles. The van der Waals surface area contributed by atoms with Gasteiger partial charge in [0.05, 0.1) is 11.1 Å². The smallest absolute Gasteiger partial charge is 0.416 e. The lowest BCUT2D eigenvalue weighted by atomic mass is 10.1. The average molecular weight is 329 g/mol. The van der Waals surface area contributed by atoms with Crippen molar-refractivity contribution in [2.75, 3.05) is 5.32 Å². The van der Waals surface area contributed by atoms with Gasteiger partial charge >= 0.3 is 12.1 Å². The minimum Gasteiger partial charge on any atom is -0.478 e. The van der Waals surface area contributed by atoms with Gasteiger partial charge in [-0.3, -0.25) is 9.17 Å². The second-order valence-electron chi connectivity index (χ2n) is 4.08. The zero-order chi connectivity index (χ0) is 16.5. The predicted molar refractivity (Wildman–Crippen MR) is 71.3 cm³/mol. The maximum atomic E-state index is 12.8. The van der Waals surface area contributed by atoms with Crippen molar-refractivity contribution < 1.29 is 23.1 Å². The van der Waals surface area contributed by atoms with Crippen LogP contribution in [0.25, 0.3) is 0 Å². The van der Waals surface area contributed by atoms with Crippen LogP contribution in [0, 0.1) is 11.3 Å². The number of benzene rings is 1. The second kappa shape index (κ2) is 5.53. The molecule has 2 rings (SSSR count). The molecule has 3 N–H and O–H groups in total.